The third kappa shape index (κ3) is 2.49. The second-order valence-corrected chi connectivity index (χ2v) is 3.50. The fourth-order valence-electron chi connectivity index (χ4n) is 1.10. The zero-order valence-electron chi connectivity index (χ0n) is 6.91. The summed E-state index contributed by atoms with van der Waals surface area (Å²) in [6.07, 6.45) is -2.87. The van der Waals surface area contributed by atoms with E-state index in [-0.39, 0.29) is 6.42 Å². The molecule has 0 amide bonds. The predicted octanol–water partition coefficient (Wildman–Crippen LogP) is 3.52. The molecule has 74 valence electrons. The van der Waals surface area contributed by atoms with Crippen LogP contribution >= 0.6 is 15.9 Å². The monoisotopic (exact) mass is 256 g/mol. The molecule has 0 heterocycles. The van der Waals surface area contributed by atoms with E-state index in [0.29, 0.717) is 16.7 Å². The van der Waals surface area contributed by atoms with Crippen LogP contribution in [0.2, 0.25) is 0 Å². The van der Waals surface area contributed by atoms with E-state index in [1.807, 2.05) is 0 Å². The molecule has 0 aromatic carbocycles. The zero-order chi connectivity index (χ0) is 10.1. The summed E-state index contributed by atoms with van der Waals surface area (Å²) in [6.45, 7) is 0. The molecule has 5 heteroatoms. The summed E-state index contributed by atoms with van der Waals surface area (Å²) in [5, 5.41) is 0. The lowest BCUT2D eigenvalue weighted by Gasteiger charge is -2.18. The van der Waals surface area contributed by atoms with Gasteiger partial charge in [-0.1, -0.05) is 0 Å². The standard InChI is InChI=1S/C8H8BrF3O/c1-13-7-3-2-5(4-6(7)9)8(10,11)12/h4H,2-3H2,1H3. The second-order valence-electron chi connectivity index (χ2n) is 2.64. The molecule has 0 aliphatic heterocycles. The van der Waals surface area contributed by atoms with Crippen LogP contribution in [0.5, 0.6) is 0 Å². The summed E-state index contributed by atoms with van der Waals surface area (Å²) in [5.41, 5.74) is -0.514. The van der Waals surface area contributed by atoms with Crippen molar-refractivity contribution in [2.45, 2.75) is 19.0 Å². The predicted molar refractivity (Wildman–Crippen MR) is 46.3 cm³/mol. The van der Waals surface area contributed by atoms with Crippen LogP contribution < -0.4 is 0 Å². The Morgan fingerprint density at radius 1 is 1.38 bits per heavy atom. The Kier molecular flexibility index (Phi) is 3.05. The number of alkyl halides is 3. The minimum atomic E-state index is -4.22. The van der Waals surface area contributed by atoms with Gasteiger partial charge in [-0.2, -0.15) is 13.2 Å². The fraction of sp³-hybridized carbons (Fsp3) is 0.500. The first-order chi connectivity index (χ1) is 5.95. The number of allylic oxidation sites excluding steroid dienone is 4. The van der Waals surface area contributed by atoms with Gasteiger partial charge in [-0.25, -0.2) is 0 Å². The highest BCUT2D eigenvalue weighted by atomic mass is 79.9. The summed E-state index contributed by atoms with van der Waals surface area (Å²) in [5.74, 6) is 0.563. The van der Waals surface area contributed by atoms with Gasteiger partial charge in [-0.15, -0.1) is 0 Å². The molecule has 1 rings (SSSR count). The van der Waals surface area contributed by atoms with E-state index in [0.717, 1.165) is 6.08 Å². The van der Waals surface area contributed by atoms with Crippen LogP contribution in [0, 0.1) is 0 Å². The zero-order valence-corrected chi connectivity index (χ0v) is 8.50. The Hall–Kier alpha value is -0.450. The van der Waals surface area contributed by atoms with Crippen molar-refractivity contribution < 1.29 is 17.9 Å². The van der Waals surface area contributed by atoms with Crippen LogP contribution in [-0.4, -0.2) is 13.3 Å². The van der Waals surface area contributed by atoms with Crippen molar-refractivity contribution in [3.05, 3.63) is 21.9 Å². The van der Waals surface area contributed by atoms with Crippen molar-refractivity contribution in [3.63, 3.8) is 0 Å². The van der Waals surface area contributed by atoms with Gasteiger partial charge in [0.25, 0.3) is 0 Å². The van der Waals surface area contributed by atoms with Gasteiger partial charge in [0.2, 0.25) is 0 Å². The average molecular weight is 257 g/mol. The summed E-state index contributed by atoms with van der Waals surface area (Å²) >= 11 is 3.03. The van der Waals surface area contributed by atoms with Gasteiger partial charge >= 0.3 is 6.18 Å². The van der Waals surface area contributed by atoms with Gasteiger partial charge in [0.1, 0.15) is 5.76 Å². The highest BCUT2D eigenvalue weighted by Crippen LogP contribution is 2.36. The van der Waals surface area contributed by atoms with E-state index in [2.05, 4.69) is 15.9 Å². The number of halogens is 4. The Morgan fingerprint density at radius 2 is 2.00 bits per heavy atom. The van der Waals surface area contributed by atoms with E-state index in [1.165, 1.54) is 7.11 Å². The Morgan fingerprint density at radius 3 is 2.38 bits per heavy atom. The molecule has 0 N–H and O–H groups in total. The van der Waals surface area contributed by atoms with Crippen LogP contribution in [0.25, 0.3) is 0 Å². The summed E-state index contributed by atoms with van der Waals surface area (Å²) in [6, 6.07) is 0. The summed E-state index contributed by atoms with van der Waals surface area (Å²) < 4.78 is 41.8. The highest BCUT2D eigenvalue weighted by Gasteiger charge is 2.35. The molecular weight excluding hydrogens is 249 g/mol. The van der Waals surface area contributed by atoms with Gasteiger partial charge in [0, 0.05) is 12.0 Å². The van der Waals surface area contributed by atoms with Crippen molar-refractivity contribution >= 4 is 15.9 Å². The Balaban J connectivity index is 2.90. The van der Waals surface area contributed by atoms with Crippen LogP contribution in [0.15, 0.2) is 21.9 Å². The lowest BCUT2D eigenvalue weighted by atomic mass is 10.0. The molecule has 0 unspecified atom stereocenters. The maximum atomic E-state index is 12.2. The maximum absolute atomic E-state index is 12.2. The van der Waals surface area contributed by atoms with E-state index in [4.69, 9.17) is 4.74 Å². The lowest BCUT2D eigenvalue weighted by molar-refractivity contribution is -0.0944. The second kappa shape index (κ2) is 3.74. The first kappa shape index (κ1) is 10.6. The topological polar surface area (TPSA) is 9.23 Å². The largest absolute Gasteiger partial charge is 0.500 e. The molecular formula is C8H8BrF3O. The van der Waals surface area contributed by atoms with Gasteiger partial charge in [-0.3, -0.25) is 0 Å². The summed E-state index contributed by atoms with van der Waals surface area (Å²) in [7, 11) is 1.45. The quantitative estimate of drug-likeness (QED) is 0.698. The van der Waals surface area contributed by atoms with Crippen LogP contribution in [0.1, 0.15) is 12.8 Å². The van der Waals surface area contributed by atoms with Crippen molar-refractivity contribution in [2.24, 2.45) is 0 Å². The number of ether oxygens (including phenoxy) is 1. The number of rotatable bonds is 1. The molecule has 1 aliphatic rings. The fourth-order valence-corrected chi connectivity index (χ4v) is 1.73. The van der Waals surface area contributed by atoms with Crippen molar-refractivity contribution in [1.29, 1.82) is 0 Å². The normalized spacial score (nSPS) is 18.7. The lowest BCUT2D eigenvalue weighted by Crippen LogP contribution is -2.14. The van der Waals surface area contributed by atoms with Crippen molar-refractivity contribution in [2.75, 3.05) is 7.11 Å². The van der Waals surface area contributed by atoms with E-state index >= 15 is 0 Å². The first-order valence-corrected chi connectivity index (χ1v) is 4.45. The third-order valence-electron chi connectivity index (χ3n) is 1.80. The molecule has 0 spiro atoms. The minimum Gasteiger partial charge on any atom is -0.500 e. The molecule has 1 aliphatic carbocycles. The molecule has 0 saturated heterocycles. The van der Waals surface area contributed by atoms with Gasteiger partial charge in [-0.05, 0) is 28.4 Å². The molecule has 0 saturated carbocycles. The molecule has 13 heavy (non-hydrogen) atoms. The van der Waals surface area contributed by atoms with E-state index in [9.17, 15) is 13.2 Å². The van der Waals surface area contributed by atoms with Crippen LogP contribution in [0.3, 0.4) is 0 Å². The number of hydrogen-bond acceptors (Lipinski definition) is 1. The van der Waals surface area contributed by atoms with E-state index < -0.39 is 11.7 Å². The third-order valence-corrected chi connectivity index (χ3v) is 2.47. The molecule has 0 radical (unpaired) electrons. The van der Waals surface area contributed by atoms with Crippen LogP contribution in [-0.2, 0) is 4.74 Å². The minimum absolute atomic E-state index is 0.0121. The molecule has 0 aromatic rings. The van der Waals surface area contributed by atoms with Crippen molar-refractivity contribution in [1.82, 2.24) is 0 Å². The summed E-state index contributed by atoms with van der Waals surface area (Å²) in [4.78, 5) is 0. The van der Waals surface area contributed by atoms with Gasteiger partial charge < -0.3 is 4.74 Å². The maximum Gasteiger partial charge on any atom is 0.412 e. The van der Waals surface area contributed by atoms with Gasteiger partial charge in [0.05, 0.1) is 11.6 Å². The first-order valence-electron chi connectivity index (χ1n) is 3.65. The highest BCUT2D eigenvalue weighted by molar-refractivity contribution is 9.11. The molecule has 0 bridgehead atoms. The molecule has 0 fully saturated rings. The smallest absolute Gasteiger partial charge is 0.412 e. The average Bonchev–Trinajstić information content (AvgIpc) is 2.02. The SMILES string of the molecule is COC1=C(Br)C=C(C(F)(F)F)CC1. The molecule has 0 aromatic heterocycles. The number of methoxy groups -OCH3 is 1. The number of hydrogen-bond donors (Lipinski definition) is 0. The Bertz CT molecular complexity index is 265. The molecule has 1 nitrogen and oxygen atoms in total. The van der Waals surface area contributed by atoms with Crippen molar-refractivity contribution in [3.8, 4) is 0 Å². The van der Waals surface area contributed by atoms with Crippen LogP contribution in [0.4, 0.5) is 13.2 Å². The molecule has 0 atom stereocenters. The Labute approximate surface area is 82.4 Å². The van der Waals surface area contributed by atoms with E-state index in [1.54, 1.807) is 0 Å². The van der Waals surface area contributed by atoms with Gasteiger partial charge in [0.15, 0.2) is 0 Å².